The first-order chi connectivity index (χ1) is 13.0. The van der Waals surface area contributed by atoms with Crippen molar-refractivity contribution in [2.45, 2.75) is 37.3 Å². The number of benzene rings is 1. The van der Waals surface area contributed by atoms with Gasteiger partial charge in [-0.25, -0.2) is 9.78 Å². The number of hydrogen-bond donors (Lipinski definition) is 2. The number of carbonyl (C=O) groups is 2. The zero-order valence-electron chi connectivity index (χ0n) is 15.6. The van der Waals surface area contributed by atoms with Gasteiger partial charge in [-0.05, 0) is 25.7 Å². The minimum Gasteiger partial charge on any atom is -0.453 e. The molecular weight excluding hydrogens is 343 g/mol. The second-order valence-electron chi connectivity index (χ2n) is 7.39. The van der Waals surface area contributed by atoms with Crippen LogP contribution in [0.5, 0.6) is 0 Å². The molecule has 1 aliphatic heterocycles. The van der Waals surface area contributed by atoms with Crippen molar-refractivity contribution in [2.24, 2.45) is 0 Å². The number of imidazole rings is 1. The number of rotatable bonds is 4. The highest BCUT2D eigenvalue weighted by atomic mass is 16.5. The van der Waals surface area contributed by atoms with Gasteiger partial charge in [-0.15, -0.1) is 0 Å². The first kappa shape index (κ1) is 17.6. The van der Waals surface area contributed by atoms with Gasteiger partial charge < -0.3 is 19.9 Å². The molecule has 1 saturated heterocycles. The zero-order chi connectivity index (χ0) is 19.0. The van der Waals surface area contributed by atoms with E-state index in [-0.39, 0.29) is 11.9 Å². The molecule has 1 unspecified atom stereocenters. The maximum absolute atomic E-state index is 13.1. The molecule has 8 heteroatoms. The molecule has 2 aliphatic rings. The molecule has 2 aromatic rings. The second-order valence-corrected chi connectivity index (χ2v) is 7.39. The number of nitrogens with zero attached hydrogens (tertiary/aromatic N) is 2. The van der Waals surface area contributed by atoms with Crippen molar-refractivity contribution in [1.29, 1.82) is 0 Å². The predicted molar refractivity (Wildman–Crippen MR) is 103 cm³/mol. The van der Waals surface area contributed by atoms with Gasteiger partial charge in [0.05, 0.1) is 18.8 Å². The standard InChI is InChI=1S/C19H23BN4O3/c1-27-18(26)23-19(8-9-19)17(25)24-10-2-3-15(24)16-21-11-14(22-16)12-4-6-13(20)7-5-12/h4-7,11,15H,2-3,8-10,20H2,1H3,(H,21,22)(H,23,26). The van der Waals surface area contributed by atoms with Gasteiger partial charge in [-0.3, -0.25) is 4.79 Å². The molecule has 2 amide bonds. The Kier molecular flexibility index (Phi) is 4.41. The molecule has 1 saturated carbocycles. The number of nitrogens with one attached hydrogen (secondary N) is 2. The maximum Gasteiger partial charge on any atom is 0.407 e. The lowest BCUT2D eigenvalue weighted by molar-refractivity contribution is -0.135. The van der Waals surface area contributed by atoms with Crippen molar-refractivity contribution in [3.05, 3.63) is 36.3 Å². The van der Waals surface area contributed by atoms with E-state index < -0.39 is 11.6 Å². The monoisotopic (exact) mass is 366 g/mol. The lowest BCUT2D eigenvalue weighted by Crippen LogP contribution is -2.50. The second kappa shape index (κ2) is 6.76. The molecular formula is C19H23BN4O3. The van der Waals surface area contributed by atoms with Crippen LogP contribution in [0.1, 0.15) is 37.5 Å². The molecule has 4 rings (SSSR count). The Labute approximate surface area is 158 Å². The molecule has 0 bridgehead atoms. The van der Waals surface area contributed by atoms with Gasteiger partial charge in [0.2, 0.25) is 5.91 Å². The van der Waals surface area contributed by atoms with E-state index in [1.54, 1.807) is 0 Å². The van der Waals surface area contributed by atoms with Crippen LogP contribution in [0.3, 0.4) is 0 Å². The lowest BCUT2D eigenvalue weighted by atomic mass is 9.95. The summed E-state index contributed by atoms with van der Waals surface area (Å²) < 4.78 is 4.67. The van der Waals surface area contributed by atoms with Crippen LogP contribution in [0, 0.1) is 0 Å². The summed E-state index contributed by atoms with van der Waals surface area (Å²) in [6.45, 7) is 0.675. The van der Waals surface area contributed by atoms with Crippen LogP contribution < -0.4 is 10.8 Å². The average Bonchev–Trinajstić information content (AvgIpc) is 3.10. The number of aromatic amines is 1. The van der Waals surface area contributed by atoms with Crippen LogP contribution in [0.2, 0.25) is 0 Å². The molecule has 27 heavy (non-hydrogen) atoms. The zero-order valence-corrected chi connectivity index (χ0v) is 15.6. The highest BCUT2D eigenvalue weighted by Crippen LogP contribution is 2.42. The predicted octanol–water partition coefficient (Wildman–Crippen LogP) is 0.887. The van der Waals surface area contributed by atoms with E-state index in [0.29, 0.717) is 19.4 Å². The van der Waals surface area contributed by atoms with E-state index in [1.165, 1.54) is 12.6 Å². The van der Waals surface area contributed by atoms with Crippen molar-refractivity contribution in [3.8, 4) is 11.3 Å². The van der Waals surface area contributed by atoms with Crippen LogP contribution >= 0.6 is 0 Å². The van der Waals surface area contributed by atoms with Crippen molar-refractivity contribution < 1.29 is 14.3 Å². The molecule has 7 nitrogen and oxygen atoms in total. The third-order valence-electron chi connectivity index (χ3n) is 5.46. The number of carbonyl (C=O) groups excluding carboxylic acids is 2. The van der Waals surface area contributed by atoms with Gasteiger partial charge in [-0.1, -0.05) is 29.7 Å². The molecule has 2 heterocycles. The summed E-state index contributed by atoms with van der Waals surface area (Å²) in [4.78, 5) is 34.5. The molecule has 0 radical (unpaired) electrons. The number of H-pyrrole nitrogens is 1. The fourth-order valence-electron chi connectivity index (χ4n) is 3.71. The fourth-order valence-corrected chi connectivity index (χ4v) is 3.71. The Balaban J connectivity index is 1.53. The lowest BCUT2D eigenvalue weighted by Gasteiger charge is -2.28. The number of methoxy groups -OCH3 is 1. The molecule has 2 N–H and O–H groups in total. The minimum absolute atomic E-state index is 0.0383. The SMILES string of the molecule is Bc1ccc(-c2c[nH]c(C3CCCN3C(=O)C3(NC(=O)OC)CC3)n2)cc1. The maximum atomic E-state index is 13.1. The summed E-state index contributed by atoms with van der Waals surface area (Å²) in [6.07, 6.45) is 4.41. The highest BCUT2D eigenvalue weighted by Gasteiger charge is 2.55. The topological polar surface area (TPSA) is 87.3 Å². The average molecular weight is 366 g/mol. The summed E-state index contributed by atoms with van der Waals surface area (Å²) in [5.41, 5.74) is 2.32. The Bertz CT molecular complexity index is 860. The summed E-state index contributed by atoms with van der Waals surface area (Å²) >= 11 is 0. The van der Waals surface area contributed by atoms with Crippen molar-refractivity contribution in [3.63, 3.8) is 0 Å². The van der Waals surface area contributed by atoms with E-state index >= 15 is 0 Å². The largest absolute Gasteiger partial charge is 0.453 e. The molecule has 1 aromatic heterocycles. The van der Waals surface area contributed by atoms with Crippen LogP contribution in [-0.2, 0) is 9.53 Å². The van der Waals surface area contributed by atoms with Gasteiger partial charge in [0.1, 0.15) is 19.2 Å². The molecule has 140 valence electrons. The number of ether oxygens (including phenoxy) is 1. The molecule has 2 fully saturated rings. The van der Waals surface area contributed by atoms with E-state index in [2.05, 4.69) is 35.0 Å². The fraction of sp³-hybridized carbons (Fsp3) is 0.421. The Morgan fingerprint density at radius 1 is 1.33 bits per heavy atom. The molecule has 1 aliphatic carbocycles. The Hall–Kier alpha value is -2.77. The summed E-state index contributed by atoms with van der Waals surface area (Å²) in [7, 11) is 3.36. The van der Waals surface area contributed by atoms with Gasteiger partial charge in [0, 0.05) is 18.3 Å². The molecule has 1 atom stereocenters. The number of amides is 2. The van der Waals surface area contributed by atoms with Gasteiger partial charge >= 0.3 is 6.09 Å². The third-order valence-corrected chi connectivity index (χ3v) is 5.46. The molecule has 0 spiro atoms. The third kappa shape index (κ3) is 3.31. The van der Waals surface area contributed by atoms with Gasteiger partial charge in [0.25, 0.3) is 0 Å². The van der Waals surface area contributed by atoms with E-state index in [1.807, 2.05) is 23.2 Å². The number of aromatic nitrogens is 2. The van der Waals surface area contributed by atoms with E-state index in [4.69, 9.17) is 4.98 Å². The van der Waals surface area contributed by atoms with Gasteiger partial charge in [-0.2, -0.15) is 0 Å². The highest BCUT2D eigenvalue weighted by molar-refractivity contribution is 6.32. The summed E-state index contributed by atoms with van der Waals surface area (Å²) in [5.74, 6) is 0.758. The van der Waals surface area contributed by atoms with Gasteiger partial charge in [0.15, 0.2) is 0 Å². The van der Waals surface area contributed by atoms with Crippen molar-refractivity contribution >= 4 is 25.3 Å². The van der Waals surface area contributed by atoms with E-state index in [0.717, 1.165) is 29.9 Å². The quantitative estimate of drug-likeness (QED) is 0.787. The summed E-state index contributed by atoms with van der Waals surface area (Å²) in [5, 5.41) is 2.72. The van der Waals surface area contributed by atoms with E-state index in [9.17, 15) is 9.59 Å². The smallest absolute Gasteiger partial charge is 0.407 e. The molecule has 1 aromatic carbocycles. The number of hydrogen-bond acceptors (Lipinski definition) is 4. The van der Waals surface area contributed by atoms with Crippen LogP contribution in [0.25, 0.3) is 11.3 Å². The van der Waals surface area contributed by atoms with Crippen molar-refractivity contribution in [1.82, 2.24) is 20.2 Å². The normalized spacial score (nSPS) is 20.3. The first-order valence-electron chi connectivity index (χ1n) is 9.32. The summed E-state index contributed by atoms with van der Waals surface area (Å²) in [6, 6.07) is 8.13. The van der Waals surface area contributed by atoms with Crippen LogP contribution in [0.15, 0.2) is 30.5 Å². The van der Waals surface area contributed by atoms with Crippen LogP contribution in [0.4, 0.5) is 4.79 Å². The first-order valence-corrected chi connectivity index (χ1v) is 9.32. The number of likely N-dealkylation sites (tertiary alicyclic amines) is 1. The minimum atomic E-state index is -0.804. The number of alkyl carbamates (subject to hydrolysis) is 1. The Morgan fingerprint density at radius 3 is 2.74 bits per heavy atom. The van der Waals surface area contributed by atoms with Crippen LogP contribution in [-0.4, -0.2) is 53.9 Å². The Morgan fingerprint density at radius 2 is 2.07 bits per heavy atom. The van der Waals surface area contributed by atoms with Crippen molar-refractivity contribution in [2.75, 3.05) is 13.7 Å².